The van der Waals surface area contributed by atoms with Gasteiger partial charge in [0.15, 0.2) is 10.9 Å². The molecule has 0 saturated heterocycles. The lowest BCUT2D eigenvalue weighted by Gasteiger charge is -2.15. The topological polar surface area (TPSA) is 62.8 Å². The lowest BCUT2D eigenvalue weighted by Crippen LogP contribution is -2.13. The lowest BCUT2D eigenvalue weighted by molar-refractivity contribution is 0.0989. The van der Waals surface area contributed by atoms with Gasteiger partial charge in [0.25, 0.3) is 5.56 Å². The van der Waals surface area contributed by atoms with Gasteiger partial charge in [-0.3, -0.25) is 9.59 Å². The molecule has 0 aliphatic carbocycles. The Morgan fingerprint density at radius 1 is 0.909 bits per heavy atom. The van der Waals surface area contributed by atoms with Gasteiger partial charge in [-0.25, -0.2) is 4.98 Å². The molecule has 1 atom stereocenters. The number of nitrogens with one attached hydrogen (secondary N) is 1. The third kappa shape index (κ3) is 4.27. The largest absolute Gasteiger partial charge is 0.301 e. The summed E-state index contributed by atoms with van der Waals surface area (Å²) in [5.74, 6) is -0.0260. The van der Waals surface area contributed by atoms with Gasteiger partial charge in [-0.2, -0.15) is 0 Å². The number of benzene rings is 3. The zero-order valence-corrected chi connectivity index (χ0v) is 19.5. The number of rotatable bonds is 6. The molecule has 0 unspecified atom stereocenters. The maximum absolute atomic E-state index is 13.4. The number of thiophene rings is 1. The highest BCUT2D eigenvalue weighted by Crippen LogP contribution is 2.39. The summed E-state index contributed by atoms with van der Waals surface area (Å²) in [6.45, 7) is 1.95. The zero-order valence-electron chi connectivity index (χ0n) is 17.8. The van der Waals surface area contributed by atoms with E-state index in [1.807, 2.05) is 97.9 Å². The number of nitrogens with zero attached hydrogens (tertiary/aromatic N) is 1. The highest BCUT2D eigenvalue weighted by molar-refractivity contribution is 8.00. The maximum Gasteiger partial charge on any atom is 0.260 e. The Bertz CT molecular complexity index is 1480. The number of fused-ring (bicyclic) bond motifs is 1. The summed E-state index contributed by atoms with van der Waals surface area (Å²) >= 11 is 2.78. The van der Waals surface area contributed by atoms with E-state index in [2.05, 4.69) is 4.98 Å². The number of ketones is 1. The van der Waals surface area contributed by atoms with Crippen LogP contribution in [0.5, 0.6) is 0 Å². The number of Topliss-reactive ketones (excluding diaryl/α,β-unsaturated/α-hetero) is 1. The number of aromatic amines is 1. The number of aromatic nitrogens is 2. The van der Waals surface area contributed by atoms with Crippen LogP contribution in [0.25, 0.3) is 20.7 Å². The Balaban J connectivity index is 1.57. The molecule has 0 saturated carbocycles. The van der Waals surface area contributed by atoms with Gasteiger partial charge >= 0.3 is 0 Å². The second-order valence-corrected chi connectivity index (χ2v) is 9.71. The van der Waals surface area contributed by atoms with Crippen LogP contribution in [0.3, 0.4) is 0 Å². The van der Waals surface area contributed by atoms with Gasteiger partial charge < -0.3 is 4.98 Å². The summed E-state index contributed by atoms with van der Waals surface area (Å²) in [5, 5.41) is 0.518. The predicted molar refractivity (Wildman–Crippen MR) is 136 cm³/mol. The molecule has 0 spiro atoms. The van der Waals surface area contributed by atoms with Crippen molar-refractivity contribution in [3.63, 3.8) is 0 Å². The molecule has 0 aliphatic heterocycles. The molecule has 6 heteroatoms. The third-order valence-corrected chi connectivity index (χ3v) is 7.82. The van der Waals surface area contributed by atoms with Gasteiger partial charge in [-0.15, -0.1) is 11.3 Å². The molecule has 0 aliphatic rings. The molecule has 3 aromatic carbocycles. The molecule has 5 aromatic rings. The molecule has 33 heavy (non-hydrogen) atoms. The first-order valence-electron chi connectivity index (χ1n) is 10.5. The van der Waals surface area contributed by atoms with Crippen LogP contribution in [0.4, 0.5) is 0 Å². The van der Waals surface area contributed by atoms with E-state index in [1.165, 1.54) is 23.1 Å². The van der Waals surface area contributed by atoms with Crippen molar-refractivity contribution < 1.29 is 4.79 Å². The summed E-state index contributed by atoms with van der Waals surface area (Å²) in [6.07, 6.45) is 0. The molecule has 2 heterocycles. The van der Waals surface area contributed by atoms with Gasteiger partial charge in [-0.1, -0.05) is 103 Å². The van der Waals surface area contributed by atoms with Crippen LogP contribution in [0.2, 0.25) is 0 Å². The Hall–Kier alpha value is -3.48. The van der Waals surface area contributed by atoms with Crippen LogP contribution in [-0.4, -0.2) is 15.8 Å². The fourth-order valence-electron chi connectivity index (χ4n) is 3.81. The summed E-state index contributed by atoms with van der Waals surface area (Å²) in [5.41, 5.74) is 3.30. The van der Waals surface area contributed by atoms with E-state index in [1.54, 1.807) is 0 Å². The van der Waals surface area contributed by atoms with Gasteiger partial charge in [0.05, 0.1) is 5.39 Å². The molecule has 0 bridgehead atoms. The summed E-state index contributed by atoms with van der Waals surface area (Å²) in [6, 6.07) is 28.8. The van der Waals surface area contributed by atoms with E-state index in [0.29, 0.717) is 20.9 Å². The van der Waals surface area contributed by atoms with Gasteiger partial charge in [0.1, 0.15) is 10.1 Å². The number of H-pyrrole nitrogens is 1. The van der Waals surface area contributed by atoms with Gasteiger partial charge in [0, 0.05) is 10.4 Å². The van der Waals surface area contributed by atoms with Crippen molar-refractivity contribution in [2.24, 2.45) is 0 Å². The number of thioether (sulfide) groups is 1. The molecule has 1 N–H and O–H groups in total. The highest BCUT2D eigenvalue weighted by Gasteiger charge is 2.25. The number of carbonyl (C=O) groups is 1. The zero-order chi connectivity index (χ0) is 22.8. The molecular weight excluding hydrogens is 448 g/mol. The number of hydrogen-bond acceptors (Lipinski definition) is 5. The van der Waals surface area contributed by atoms with E-state index in [9.17, 15) is 9.59 Å². The van der Waals surface area contributed by atoms with Gasteiger partial charge in [-0.05, 0) is 23.6 Å². The molecule has 0 radical (unpaired) electrons. The van der Waals surface area contributed by atoms with Crippen molar-refractivity contribution in [3.05, 3.63) is 118 Å². The van der Waals surface area contributed by atoms with Crippen LogP contribution in [0.15, 0.2) is 101 Å². The van der Waals surface area contributed by atoms with Crippen LogP contribution in [-0.2, 0) is 0 Å². The fraction of sp³-hybridized carbons (Fsp3) is 0.0741. The molecular formula is C27H20N2O2S2. The van der Waals surface area contributed by atoms with Crippen LogP contribution < -0.4 is 5.56 Å². The summed E-state index contributed by atoms with van der Waals surface area (Å²) in [7, 11) is 0. The molecule has 2 aromatic heterocycles. The van der Waals surface area contributed by atoms with Crippen molar-refractivity contribution in [1.82, 2.24) is 9.97 Å². The average Bonchev–Trinajstić information content (AvgIpc) is 3.20. The van der Waals surface area contributed by atoms with Crippen LogP contribution in [0.1, 0.15) is 26.7 Å². The first kappa shape index (κ1) is 21.4. The van der Waals surface area contributed by atoms with Crippen molar-refractivity contribution in [1.29, 1.82) is 0 Å². The van der Waals surface area contributed by atoms with Crippen molar-refractivity contribution in [3.8, 4) is 10.4 Å². The highest BCUT2D eigenvalue weighted by atomic mass is 32.2. The van der Waals surface area contributed by atoms with Crippen molar-refractivity contribution in [2.45, 2.75) is 17.3 Å². The smallest absolute Gasteiger partial charge is 0.260 e. The second kappa shape index (κ2) is 9.17. The molecule has 0 fully saturated rings. The lowest BCUT2D eigenvalue weighted by atomic mass is 10.0. The van der Waals surface area contributed by atoms with Crippen LogP contribution in [0, 0.1) is 6.92 Å². The Morgan fingerprint density at radius 2 is 1.52 bits per heavy atom. The quantitative estimate of drug-likeness (QED) is 0.172. The third-order valence-electron chi connectivity index (χ3n) is 5.44. The summed E-state index contributed by atoms with van der Waals surface area (Å²) < 4.78 is 0. The number of aryl methyl sites for hydroxylation is 1. The first-order chi connectivity index (χ1) is 16.1. The Morgan fingerprint density at radius 3 is 2.18 bits per heavy atom. The monoisotopic (exact) mass is 468 g/mol. The Labute approximate surface area is 199 Å². The van der Waals surface area contributed by atoms with Gasteiger partial charge in [0.2, 0.25) is 0 Å². The fourth-order valence-corrected chi connectivity index (χ4v) is 6.11. The Kier molecular flexibility index (Phi) is 5.94. The van der Waals surface area contributed by atoms with E-state index in [4.69, 9.17) is 4.98 Å². The van der Waals surface area contributed by atoms with E-state index >= 15 is 0 Å². The van der Waals surface area contributed by atoms with Crippen molar-refractivity contribution in [2.75, 3.05) is 0 Å². The first-order valence-corrected chi connectivity index (χ1v) is 12.2. The molecule has 4 nitrogen and oxygen atoms in total. The van der Waals surface area contributed by atoms with E-state index < -0.39 is 5.25 Å². The minimum Gasteiger partial charge on any atom is -0.301 e. The normalized spacial score (nSPS) is 12.0. The van der Waals surface area contributed by atoms with E-state index in [-0.39, 0.29) is 11.3 Å². The second-order valence-electron chi connectivity index (χ2n) is 7.61. The molecule has 162 valence electrons. The molecule has 5 rings (SSSR count). The average molecular weight is 469 g/mol. The maximum atomic E-state index is 13.4. The minimum atomic E-state index is -0.524. The van der Waals surface area contributed by atoms with E-state index in [0.717, 1.165) is 21.6 Å². The number of carbonyl (C=O) groups excluding carboxylic acids is 1. The van der Waals surface area contributed by atoms with Crippen molar-refractivity contribution >= 4 is 39.1 Å². The molecule has 0 amide bonds. The standard InChI is InChI=1S/C27H20N2O2S2/c1-17-21-25(31)28-27(29-26(21)32-23(17)19-13-7-3-8-14-19)33-24(20-15-9-4-10-16-20)22(30)18-11-5-2-6-12-18/h2-16,24H,1H3,(H,28,29,31)/t24-/m1/s1. The predicted octanol–water partition coefficient (Wildman–Crippen LogP) is 6.68. The van der Waals surface area contributed by atoms with Crippen LogP contribution >= 0.6 is 23.1 Å². The summed E-state index contributed by atoms with van der Waals surface area (Å²) in [4.78, 5) is 35.8. The number of hydrogen-bond donors (Lipinski definition) is 1. The SMILES string of the molecule is Cc1c(-c2ccccc2)sc2nc(S[C@@H](C(=O)c3ccccc3)c3ccccc3)[nH]c(=O)c12. The minimum absolute atomic E-state index is 0.0260.